The molecule has 1 heterocycles. The van der Waals surface area contributed by atoms with E-state index >= 15 is 0 Å². The van der Waals surface area contributed by atoms with E-state index in [-0.39, 0.29) is 0 Å². The number of hydrogen-bond donors (Lipinski definition) is 0. The Bertz CT molecular complexity index is 764. The first-order valence-corrected chi connectivity index (χ1v) is 8.86. The van der Waals surface area contributed by atoms with E-state index in [0.717, 1.165) is 24.2 Å². The second-order valence-corrected chi connectivity index (χ2v) is 6.76. The van der Waals surface area contributed by atoms with Crippen LogP contribution in [0.25, 0.3) is 5.69 Å². The van der Waals surface area contributed by atoms with Gasteiger partial charge in [0.25, 0.3) is 0 Å². The molecule has 3 rings (SSSR count). The lowest BCUT2D eigenvalue weighted by atomic mass is 10.0. The fourth-order valence-corrected chi connectivity index (χ4v) is 2.95. The molecule has 0 spiro atoms. The predicted octanol–water partition coefficient (Wildman–Crippen LogP) is 5.54. The normalized spacial score (nSPS) is 11.2. The highest BCUT2D eigenvalue weighted by atomic mass is 15.0. The molecule has 2 heteroatoms. The molecule has 0 aliphatic heterocycles. The number of benzene rings is 2. The first kappa shape index (κ1) is 16.5. The number of nitrogens with zero attached hydrogens (tertiary/aromatic N) is 2. The highest BCUT2D eigenvalue weighted by Crippen LogP contribution is 2.18. The van der Waals surface area contributed by atoms with E-state index in [9.17, 15) is 0 Å². The van der Waals surface area contributed by atoms with Crippen molar-refractivity contribution in [3.05, 3.63) is 83.4 Å². The molecule has 1 aromatic heterocycles. The van der Waals surface area contributed by atoms with Crippen molar-refractivity contribution >= 4 is 0 Å². The van der Waals surface area contributed by atoms with Gasteiger partial charge in [-0.3, -0.25) is 0 Å². The van der Waals surface area contributed by atoms with Gasteiger partial charge in [-0.2, -0.15) is 0 Å². The fraction of sp³-hybridized carbons (Fsp3) is 0.318. The van der Waals surface area contributed by atoms with Crippen molar-refractivity contribution in [1.29, 1.82) is 0 Å². The third kappa shape index (κ3) is 3.94. The maximum atomic E-state index is 4.57. The van der Waals surface area contributed by atoms with Crippen LogP contribution in [0.15, 0.2) is 61.1 Å². The van der Waals surface area contributed by atoms with Gasteiger partial charge in [0.1, 0.15) is 0 Å². The van der Waals surface area contributed by atoms with Crippen molar-refractivity contribution in [3.8, 4) is 5.69 Å². The number of hydrogen-bond acceptors (Lipinski definition) is 1. The Morgan fingerprint density at radius 1 is 0.917 bits per heavy atom. The van der Waals surface area contributed by atoms with Crippen LogP contribution in [-0.4, -0.2) is 9.55 Å². The van der Waals surface area contributed by atoms with Gasteiger partial charge >= 0.3 is 0 Å². The molecule has 0 fully saturated rings. The Morgan fingerprint density at radius 2 is 1.58 bits per heavy atom. The molecule has 0 atom stereocenters. The van der Waals surface area contributed by atoms with E-state index in [1.807, 2.05) is 6.33 Å². The van der Waals surface area contributed by atoms with Crippen molar-refractivity contribution in [1.82, 2.24) is 9.55 Å². The average molecular weight is 318 g/mol. The molecule has 2 aromatic carbocycles. The second-order valence-electron chi connectivity index (χ2n) is 6.76. The Labute approximate surface area is 145 Å². The minimum absolute atomic E-state index is 0.563. The Hall–Kier alpha value is -2.35. The van der Waals surface area contributed by atoms with Crippen molar-refractivity contribution < 1.29 is 0 Å². The topological polar surface area (TPSA) is 17.8 Å². The molecule has 0 bridgehead atoms. The molecule has 0 N–H and O–H groups in total. The molecule has 0 aliphatic carbocycles. The van der Waals surface area contributed by atoms with Crippen LogP contribution >= 0.6 is 0 Å². The van der Waals surface area contributed by atoms with Crippen LogP contribution in [-0.2, 0) is 12.8 Å². The lowest BCUT2D eigenvalue weighted by molar-refractivity contribution is 0.865. The van der Waals surface area contributed by atoms with E-state index in [1.165, 1.54) is 23.1 Å². The molecule has 0 unspecified atom stereocenters. The molecule has 0 amide bonds. The summed E-state index contributed by atoms with van der Waals surface area (Å²) >= 11 is 0. The molecule has 3 aromatic rings. The zero-order valence-electron chi connectivity index (χ0n) is 14.9. The summed E-state index contributed by atoms with van der Waals surface area (Å²) in [5, 5.41) is 0. The number of aromatic nitrogens is 2. The summed E-state index contributed by atoms with van der Waals surface area (Å²) in [5.74, 6) is 0.563. The number of rotatable bonds is 6. The van der Waals surface area contributed by atoms with Gasteiger partial charge in [0.05, 0.1) is 12.0 Å². The van der Waals surface area contributed by atoms with Gasteiger partial charge in [0, 0.05) is 18.3 Å². The molecule has 0 saturated heterocycles. The lowest BCUT2D eigenvalue weighted by Gasteiger charge is -2.07. The standard InChI is InChI=1S/C22H26N2/c1-4-5-18-6-8-19(9-7-18)14-21-15-24(16-23-21)22-12-10-20(11-13-22)17(2)3/h6-13,15-17H,4-5,14H2,1-3H3. The maximum absolute atomic E-state index is 4.57. The van der Waals surface area contributed by atoms with Crippen LogP contribution in [0.2, 0.25) is 0 Å². The van der Waals surface area contributed by atoms with E-state index in [1.54, 1.807) is 0 Å². The van der Waals surface area contributed by atoms with E-state index in [4.69, 9.17) is 0 Å². The summed E-state index contributed by atoms with van der Waals surface area (Å²) in [4.78, 5) is 4.57. The summed E-state index contributed by atoms with van der Waals surface area (Å²) in [6.45, 7) is 6.65. The minimum Gasteiger partial charge on any atom is -0.306 e. The highest BCUT2D eigenvalue weighted by molar-refractivity contribution is 5.36. The highest BCUT2D eigenvalue weighted by Gasteiger charge is 2.04. The Morgan fingerprint density at radius 3 is 2.21 bits per heavy atom. The van der Waals surface area contributed by atoms with Crippen LogP contribution < -0.4 is 0 Å². The summed E-state index contributed by atoms with van der Waals surface area (Å²) in [6.07, 6.45) is 7.26. The first-order chi connectivity index (χ1) is 11.7. The van der Waals surface area contributed by atoms with E-state index < -0.39 is 0 Å². The van der Waals surface area contributed by atoms with E-state index in [2.05, 4.69) is 85.1 Å². The maximum Gasteiger partial charge on any atom is 0.0995 e. The third-order valence-corrected chi connectivity index (χ3v) is 4.44. The smallest absolute Gasteiger partial charge is 0.0995 e. The SMILES string of the molecule is CCCc1ccc(Cc2cn(-c3ccc(C(C)C)cc3)cn2)cc1. The van der Waals surface area contributed by atoms with Gasteiger partial charge in [-0.05, 0) is 41.2 Å². The molecule has 0 aliphatic rings. The number of imidazole rings is 1. The largest absolute Gasteiger partial charge is 0.306 e. The van der Waals surface area contributed by atoms with Crippen molar-refractivity contribution in [3.63, 3.8) is 0 Å². The first-order valence-electron chi connectivity index (χ1n) is 8.86. The molecular formula is C22H26N2. The summed E-state index contributed by atoms with van der Waals surface area (Å²) in [6, 6.07) is 17.7. The zero-order valence-corrected chi connectivity index (χ0v) is 14.9. The van der Waals surface area contributed by atoms with Crippen molar-refractivity contribution in [2.45, 2.75) is 46.0 Å². The Kier molecular flexibility index (Phi) is 5.14. The van der Waals surface area contributed by atoms with Gasteiger partial charge in [-0.1, -0.05) is 63.6 Å². The van der Waals surface area contributed by atoms with Crippen LogP contribution in [0.1, 0.15) is 55.5 Å². The van der Waals surface area contributed by atoms with Crippen molar-refractivity contribution in [2.24, 2.45) is 0 Å². The fourth-order valence-electron chi connectivity index (χ4n) is 2.95. The van der Waals surface area contributed by atoms with Gasteiger partial charge in [-0.25, -0.2) is 4.98 Å². The van der Waals surface area contributed by atoms with Gasteiger partial charge < -0.3 is 4.57 Å². The molecule has 0 radical (unpaired) electrons. The summed E-state index contributed by atoms with van der Waals surface area (Å²) < 4.78 is 2.10. The Balaban J connectivity index is 1.70. The summed E-state index contributed by atoms with van der Waals surface area (Å²) in [7, 11) is 0. The second kappa shape index (κ2) is 7.48. The van der Waals surface area contributed by atoms with E-state index in [0.29, 0.717) is 5.92 Å². The molecular weight excluding hydrogens is 292 g/mol. The molecule has 24 heavy (non-hydrogen) atoms. The van der Waals surface area contributed by atoms with Gasteiger partial charge in [-0.15, -0.1) is 0 Å². The quantitative estimate of drug-likeness (QED) is 0.583. The molecule has 2 nitrogen and oxygen atoms in total. The molecule has 124 valence electrons. The minimum atomic E-state index is 0.563. The van der Waals surface area contributed by atoms with Crippen molar-refractivity contribution in [2.75, 3.05) is 0 Å². The van der Waals surface area contributed by atoms with Gasteiger partial charge in [0.15, 0.2) is 0 Å². The van der Waals surface area contributed by atoms with Crippen LogP contribution in [0.4, 0.5) is 0 Å². The van der Waals surface area contributed by atoms with Gasteiger partial charge in [0.2, 0.25) is 0 Å². The monoisotopic (exact) mass is 318 g/mol. The average Bonchev–Trinajstić information content (AvgIpc) is 3.05. The zero-order chi connectivity index (χ0) is 16.9. The van der Waals surface area contributed by atoms with Crippen LogP contribution in [0.5, 0.6) is 0 Å². The lowest BCUT2D eigenvalue weighted by Crippen LogP contribution is -1.93. The van der Waals surface area contributed by atoms with Crippen LogP contribution in [0.3, 0.4) is 0 Å². The number of aryl methyl sites for hydroxylation is 1. The predicted molar refractivity (Wildman–Crippen MR) is 101 cm³/mol. The third-order valence-electron chi connectivity index (χ3n) is 4.44. The van der Waals surface area contributed by atoms with Crippen LogP contribution in [0, 0.1) is 0 Å². The summed E-state index contributed by atoms with van der Waals surface area (Å²) in [5.41, 5.74) is 6.36. The molecule has 0 saturated carbocycles.